The fourth-order valence-electron chi connectivity index (χ4n) is 2.88. The average molecular weight is 253 g/mol. The first-order valence-electron chi connectivity index (χ1n) is 6.89. The number of nitrogens with one attached hydrogen (secondary N) is 1. The molecule has 0 aromatic carbocycles. The van der Waals surface area contributed by atoms with Crippen LogP contribution in [0.4, 0.5) is 0 Å². The summed E-state index contributed by atoms with van der Waals surface area (Å²) in [6.07, 6.45) is 9.40. The van der Waals surface area contributed by atoms with Crippen molar-refractivity contribution in [2.45, 2.75) is 46.1 Å². The molecule has 1 N–H and O–H groups in total. The van der Waals surface area contributed by atoms with Crippen molar-refractivity contribution in [3.05, 3.63) is 0 Å². The Morgan fingerprint density at radius 1 is 1.41 bits per heavy atom. The molecule has 1 aliphatic carbocycles. The van der Waals surface area contributed by atoms with Crippen molar-refractivity contribution in [1.82, 2.24) is 5.32 Å². The summed E-state index contributed by atoms with van der Waals surface area (Å²) in [5.74, 6) is 7.22. The van der Waals surface area contributed by atoms with E-state index in [1.165, 1.54) is 19.3 Å². The van der Waals surface area contributed by atoms with E-state index in [0.29, 0.717) is 0 Å². The summed E-state index contributed by atoms with van der Waals surface area (Å²) < 4.78 is 0. The Morgan fingerprint density at radius 2 is 2.18 bits per heavy atom. The maximum atomic E-state index is 5.24. The molecule has 0 spiro atoms. The highest BCUT2D eigenvalue weighted by molar-refractivity contribution is 7.99. The highest BCUT2D eigenvalue weighted by Gasteiger charge is 2.29. The van der Waals surface area contributed by atoms with Gasteiger partial charge in [-0.3, -0.25) is 0 Å². The van der Waals surface area contributed by atoms with Crippen LogP contribution in [0.15, 0.2) is 0 Å². The minimum atomic E-state index is 0.727. The molecule has 1 nitrogen and oxygen atoms in total. The second-order valence-corrected chi connectivity index (χ2v) is 6.75. The molecule has 1 saturated carbocycles. The second kappa shape index (κ2) is 8.06. The summed E-state index contributed by atoms with van der Waals surface area (Å²) >= 11 is 1.85. The lowest BCUT2D eigenvalue weighted by molar-refractivity contribution is 0.172. The minimum Gasteiger partial charge on any atom is -0.313 e. The second-order valence-electron chi connectivity index (χ2n) is 5.64. The summed E-state index contributed by atoms with van der Waals surface area (Å²) in [7, 11) is 0. The van der Waals surface area contributed by atoms with Crippen molar-refractivity contribution >= 4 is 11.8 Å². The quantitative estimate of drug-likeness (QED) is 0.575. The van der Waals surface area contributed by atoms with Gasteiger partial charge >= 0.3 is 0 Å². The van der Waals surface area contributed by atoms with Gasteiger partial charge < -0.3 is 5.32 Å². The van der Waals surface area contributed by atoms with Crippen LogP contribution in [0, 0.1) is 30.1 Å². The van der Waals surface area contributed by atoms with Gasteiger partial charge in [0.05, 0.1) is 5.75 Å². The Balaban J connectivity index is 2.29. The van der Waals surface area contributed by atoms with Gasteiger partial charge in [-0.25, -0.2) is 0 Å². The fraction of sp³-hybridized carbons (Fsp3) is 0.867. The first-order chi connectivity index (χ1) is 8.15. The Labute approximate surface area is 112 Å². The highest BCUT2D eigenvalue weighted by atomic mass is 32.2. The molecule has 2 heteroatoms. The van der Waals surface area contributed by atoms with Crippen molar-refractivity contribution in [1.29, 1.82) is 0 Å². The monoisotopic (exact) mass is 253 g/mol. The lowest BCUT2D eigenvalue weighted by atomic mass is 9.74. The third kappa shape index (κ3) is 5.36. The zero-order valence-electron chi connectivity index (χ0n) is 11.5. The minimum absolute atomic E-state index is 0.727. The van der Waals surface area contributed by atoms with Crippen LogP contribution in [0.2, 0.25) is 0 Å². The lowest BCUT2D eigenvalue weighted by Gasteiger charge is -2.38. The van der Waals surface area contributed by atoms with Gasteiger partial charge in [0.15, 0.2) is 0 Å². The summed E-state index contributed by atoms with van der Waals surface area (Å²) in [5, 5.41) is 3.75. The van der Waals surface area contributed by atoms with Gasteiger partial charge in [0, 0.05) is 18.3 Å². The van der Waals surface area contributed by atoms with Crippen LogP contribution in [-0.4, -0.2) is 24.1 Å². The average Bonchev–Trinajstić information content (AvgIpc) is 2.28. The molecule has 1 fully saturated rings. The highest BCUT2D eigenvalue weighted by Crippen LogP contribution is 2.33. The standard InChI is InChI=1S/C15H27NS/c1-5-9-17-10-8-16-15-11-13(4)6-7-14(15)12(2)3/h1,12-16H,6-11H2,2-4H3. The molecule has 98 valence electrons. The molecule has 0 aliphatic heterocycles. The van der Waals surface area contributed by atoms with Crippen LogP contribution >= 0.6 is 11.8 Å². The molecule has 0 aromatic rings. The predicted molar refractivity (Wildman–Crippen MR) is 79.3 cm³/mol. The molecule has 0 bridgehead atoms. The third-order valence-electron chi connectivity index (χ3n) is 3.86. The maximum Gasteiger partial charge on any atom is 0.0545 e. The van der Waals surface area contributed by atoms with E-state index in [1.807, 2.05) is 11.8 Å². The van der Waals surface area contributed by atoms with Gasteiger partial charge in [0.25, 0.3) is 0 Å². The smallest absolute Gasteiger partial charge is 0.0545 e. The molecule has 0 radical (unpaired) electrons. The van der Waals surface area contributed by atoms with Gasteiger partial charge in [-0.05, 0) is 30.6 Å². The van der Waals surface area contributed by atoms with Crippen molar-refractivity contribution < 1.29 is 0 Å². The Bertz CT molecular complexity index is 244. The predicted octanol–water partition coefficient (Wildman–Crippen LogP) is 3.40. The Kier molecular flexibility index (Phi) is 7.08. The van der Waals surface area contributed by atoms with Crippen molar-refractivity contribution in [3.8, 4) is 12.3 Å². The summed E-state index contributed by atoms with van der Waals surface area (Å²) in [4.78, 5) is 0. The Morgan fingerprint density at radius 3 is 2.82 bits per heavy atom. The summed E-state index contributed by atoms with van der Waals surface area (Å²) in [6, 6.07) is 0.727. The normalized spacial score (nSPS) is 29.2. The molecule has 17 heavy (non-hydrogen) atoms. The third-order valence-corrected chi connectivity index (χ3v) is 4.72. The number of hydrogen-bond acceptors (Lipinski definition) is 2. The zero-order chi connectivity index (χ0) is 12.7. The van der Waals surface area contributed by atoms with Crippen molar-refractivity contribution in [3.63, 3.8) is 0 Å². The van der Waals surface area contributed by atoms with Crippen LogP contribution in [0.5, 0.6) is 0 Å². The van der Waals surface area contributed by atoms with E-state index in [1.54, 1.807) is 0 Å². The van der Waals surface area contributed by atoms with E-state index in [9.17, 15) is 0 Å². The number of terminal acetylenes is 1. The van der Waals surface area contributed by atoms with E-state index in [-0.39, 0.29) is 0 Å². The van der Waals surface area contributed by atoms with E-state index in [0.717, 1.165) is 41.8 Å². The number of hydrogen-bond donors (Lipinski definition) is 1. The van der Waals surface area contributed by atoms with Gasteiger partial charge in [0.2, 0.25) is 0 Å². The molecular weight excluding hydrogens is 226 g/mol. The molecule has 0 amide bonds. The fourth-order valence-corrected chi connectivity index (χ4v) is 3.41. The topological polar surface area (TPSA) is 12.0 Å². The molecule has 0 saturated heterocycles. The van der Waals surface area contributed by atoms with Gasteiger partial charge in [-0.1, -0.05) is 33.1 Å². The molecule has 3 unspecified atom stereocenters. The summed E-state index contributed by atoms with van der Waals surface area (Å²) in [5.41, 5.74) is 0. The molecule has 3 atom stereocenters. The van der Waals surface area contributed by atoms with E-state index < -0.39 is 0 Å². The van der Waals surface area contributed by atoms with Gasteiger partial charge in [-0.15, -0.1) is 18.2 Å². The number of thioether (sulfide) groups is 1. The maximum absolute atomic E-state index is 5.24. The van der Waals surface area contributed by atoms with Gasteiger partial charge in [0.1, 0.15) is 0 Å². The summed E-state index contributed by atoms with van der Waals surface area (Å²) in [6.45, 7) is 8.22. The molecule has 0 heterocycles. The van der Waals surface area contributed by atoms with Crippen LogP contribution in [0.3, 0.4) is 0 Å². The molecule has 1 rings (SSSR count). The van der Waals surface area contributed by atoms with Crippen molar-refractivity contribution in [2.24, 2.45) is 17.8 Å². The SMILES string of the molecule is C#CCSCCNC1CC(C)CCC1C(C)C. The number of rotatable bonds is 6. The molecule has 0 aromatic heterocycles. The van der Waals surface area contributed by atoms with Crippen LogP contribution in [0.1, 0.15) is 40.0 Å². The van der Waals surface area contributed by atoms with Crippen LogP contribution < -0.4 is 5.32 Å². The first-order valence-corrected chi connectivity index (χ1v) is 8.05. The van der Waals surface area contributed by atoms with E-state index in [4.69, 9.17) is 6.42 Å². The zero-order valence-corrected chi connectivity index (χ0v) is 12.4. The van der Waals surface area contributed by atoms with Crippen LogP contribution in [0.25, 0.3) is 0 Å². The van der Waals surface area contributed by atoms with E-state index >= 15 is 0 Å². The largest absolute Gasteiger partial charge is 0.313 e. The lowest BCUT2D eigenvalue weighted by Crippen LogP contribution is -2.43. The Hall–Kier alpha value is -0.130. The van der Waals surface area contributed by atoms with Gasteiger partial charge in [-0.2, -0.15) is 0 Å². The van der Waals surface area contributed by atoms with Crippen molar-refractivity contribution in [2.75, 3.05) is 18.1 Å². The molecular formula is C15H27NS. The first kappa shape index (κ1) is 14.9. The molecule has 1 aliphatic rings. The van der Waals surface area contributed by atoms with E-state index in [2.05, 4.69) is 32.0 Å². The van der Waals surface area contributed by atoms with Crippen LogP contribution in [-0.2, 0) is 0 Å².